The molecular weight excluding hydrogens is 506 g/mol. The number of rotatable bonds is 10. The van der Waals surface area contributed by atoms with E-state index in [1.165, 1.54) is 19.2 Å². The molecule has 1 aliphatic rings. The van der Waals surface area contributed by atoms with Gasteiger partial charge in [-0.15, -0.1) is 0 Å². The molecule has 0 radical (unpaired) electrons. The number of carbonyl (C=O) groups is 3. The third-order valence-corrected chi connectivity index (χ3v) is 7.59. The van der Waals surface area contributed by atoms with Crippen LogP contribution in [0.2, 0.25) is 0 Å². The fourth-order valence-corrected chi connectivity index (χ4v) is 5.18. The van der Waals surface area contributed by atoms with E-state index in [1.807, 2.05) is 6.92 Å². The Bertz CT molecular complexity index is 1430. The summed E-state index contributed by atoms with van der Waals surface area (Å²) in [5, 5.41) is 2.79. The highest BCUT2D eigenvalue weighted by Crippen LogP contribution is 2.23. The molecule has 0 spiro atoms. The number of amides is 2. The topological polar surface area (TPSA) is 122 Å². The van der Waals surface area contributed by atoms with Crippen molar-refractivity contribution in [2.75, 3.05) is 23.9 Å². The van der Waals surface area contributed by atoms with E-state index in [-0.39, 0.29) is 29.2 Å². The Morgan fingerprint density at radius 2 is 1.63 bits per heavy atom. The second-order valence-corrected chi connectivity index (χ2v) is 10.6. The van der Waals surface area contributed by atoms with Crippen molar-refractivity contribution >= 4 is 39.2 Å². The van der Waals surface area contributed by atoms with E-state index in [2.05, 4.69) is 10.0 Å². The molecule has 1 saturated carbocycles. The van der Waals surface area contributed by atoms with E-state index in [1.54, 1.807) is 65.6 Å². The van der Waals surface area contributed by atoms with Crippen molar-refractivity contribution in [3.05, 3.63) is 89.5 Å². The fraction of sp³-hybridized carbons (Fsp3) is 0.250. The largest absolute Gasteiger partial charge is 0.465 e. The Morgan fingerprint density at radius 1 is 0.947 bits per heavy atom. The molecule has 9 nitrogen and oxygen atoms in total. The van der Waals surface area contributed by atoms with Gasteiger partial charge in [0.25, 0.3) is 5.91 Å². The number of nitrogens with zero attached hydrogens (tertiary/aromatic N) is 1. The summed E-state index contributed by atoms with van der Waals surface area (Å²) in [5.41, 5.74) is 2.54. The second-order valence-electron chi connectivity index (χ2n) is 8.93. The summed E-state index contributed by atoms with van der Waals surface area (Å²) in [6.07, 6.45) is 1.78. The highest BCUT2D eigenvalue weighted by Gasteiger charge is 2.27. The number of benzene rings is 3. The monoisotopic (exact) mass is 535 g/mol. The number of hydrogen-bond acceptors (Lipinski definition) is 6. The van der Waals surface area contributed by atoms with Gasteiger partial charge in [-0.25, -0.2) is 17.9 Å². The summed E-state index contributed by atoms with van der Waals surface area (Å²) in [7, 11) is -2.24. The lowest BCUT2D eigenvalue weighted by Crippen LogP contribution is -2.30. The first-order chi connectivity index (χ1) is 18.2. The lowest BCUT2D eigenvalue weighted by atomic mass is 10.1. The lowest BCUT2D eigenvalue weighted by molar-refractivity contribution is -0.115. The molecule has 0 aromatic heterocycles. The van der Waals surface area contributed by atoms with Crippen LogP contribution in [0.15, 0.2) is 77.7 Å². The van der Waals surface area contributed by atoms with Crippen LogP contribution >= 0.6 is 0 Å². The molecule has 198 valence electrons. The van der Waals surface area contributed by atoms with Gasteiger partial charge in [-0.05, 0) is 79.9 Å². The number of anilines is 2. The van der Waals surface area contributed by atoms with Crippen molar-refractivity contribution in [3.8, 4) is 0 Å². The van der Waals surface area contributed by atoms with Crippen LogP contribution in [-0.4, -0.2) is 45.9 Å². The van der Waals surface area contributed by atoms with Crippen LogP contribution in [0, 0.1) is 0 Å². The maximum absolute atomic E-state index is 13.1. The zero-order valence-corrected chi connectivity index (χ0v) is 22.0. The highest BCUT2D eigenvalue weighted by atomic mass is 32.2. The first-order valence-electron chi connectivity index (χ1n) is 12.2. The summed E-state index contributed by atoms with van der Waals surface area (Å²) in [6, 6.07) is 19.4. The van der Waals surface area contributed by atoms with E-state index >= 15 is 0 Å². The van der Waals surface area contributed by atoms with E-state index in [0.29, 0.717) is 34.6 Å². The zero-order chi connectivity index (χ0) is 27.3. The van der Waals surface area contributed by atoms with Gasteiger partial charge in [-0.3, -0.25) is 9.59 Å². The number of nitrogens with one attached hydrogen (secondary N) is 2. The molecule has 0 unspecified atom stereocenters. The molecule has 0 bridgehead atoms. The first-order valence-corrected chi connectivity index (χ1v) is 13.7. The molecule has 0 heterocycles. The van der Waals surface area contributed by atoms with Crippen LogP contribution in [0.25, 0.3) is 0 Å². The van der Waals surface area contributed by atoms with E-state index < -0.39 is 16.0 Å². The third kappa shape index (κ3) is 6.64. The van der Waals surface area contributed by atoms with Crippen LogP contribution in [0.5, 0.6) is 0 Å². The average Bonchev–Trinajstić information content (AvgIpc) is 3.73. The molecule has 3 aromatic carbocycles. The molecule has 10 heteroatoms. The Kier molecular flexibility index (Phi) is 8.23. The van der Waals surface area contributed by atoms with Crippen LogP contribution in [0.4, 0.5) is 11.4 Å². The summed E-state index contributed by atoms with van der Waals surface area (Å²) in [4.78, 5) is 39.3. The molecule has 1 fully saturated rings. The van der Waals surface area contributed by atoms with Gasteiger partial charge in [0.2, 0.25) is 15.9 Å². The smallest absolute Gasteiger partial charge is 0.337 e. The Balaban J connectivity index is 1.37. The Morgan fingerprint density at radius 3 is 2.24 bits per heavy atom. The van der Waals surface area contributed by atoms with E-state index in [0.717, 1.165) is 12.8 Å². The number of carbonyl (C=O) groups excluding carboxylic acids is 3. The number of sulfonamides is 1. The van der Waals surface area contributed by atoms with E-state index in [9.17, 15) is 22.8 Å². The van der Waals surface area contributed by atoms with Gasteiger partial charge in [0.15, 0.2) is 0 Å². The van der Waals surface area contributed by atoms with Gasteiger partial charge < -0.3 is 15.0 Å². The maximum Gasteiger partial charge on any atom is 0.337 e. The van der Waals surface area contributed by atoms with Gasteiger partial charge in [0.1, 0.15) is 0 Å². The SMILES string of the molecule is CCN(C(=O)c1ccc(NC(=O)Cc2ccc(S(=O)(=O)NC3CC3)cc2)cc1)c1cccc(C(=O)OC)c1. The first kappa shape index (κ1) is 27.0. The summed E-state index contributed by atoms with van der Waals surface area (Å²) >= 11 is 0. The molecule has 1 aliphatic carbocycles. The molecule has 2 amide bonds. The molecule has 3 aromatic rings. The standard InChI is InChI=1S/C28H29N3O6S/c1-3-31(24-6-4-5-21(18-24)28(34)37-2)27(33)20-9-11-22(12-10-20)29-26(32)17-19-7-15-25(16-8-19)38(35,36)30-23-13-14-23/h4-12,15-16,18,23,30H,3,13-14,17H2,1-2H3,(H,29,32). The van der Waals surface area contributed by atoms with Crippen LogP contribution in [0.1, 0.15) is 46.0 Å². The van der Waals surface area contributed by atoms with Gasteiger partial charge in [-0.1, -0.05) is 18.2 Å². The van der Waals surface area contributed by atoms with Crippen molar-refractivity contribution in [1.82, 2.24) is 4.72 Å². The minimum atomic E-state index is -3.54. The number of hydrogen-bond donors (Lipinski definition) is 2. The Labute approximate surface area is 221 Å². The predicted octanol–water partition coefficient (Wildman–Crippen LogP) is 3.76. The minimum Gasteiger partial charge on any atom is -0.465 e. The predicted molar refractivity (Wildman–Crippen MR) is 144 cm³/mol. The van der Waals surface area contributed by atoms with Crippen LogP contribution < -0.4 is 14.9 Å². The maximum atomic E-state index is 13.1. The van der Waals surface area contributed by atoms with E-state index in [4.69, 9.17) is 4.74 Å². The number of ether oxygens (including phenoxy) is 1. The minimum absolute atomic E-state index is 0.0231. The molecule has 0 atom stereocenters. The number of esters is 1. The second kappa shape index (κ2) is 11.6. The fourth-order valence-electron chi connectivity index (χ4n) is 3.88. The average molecular weight is 536 g/mol. The third-order valence-electron chi connectivity index (χ3n) is 6.05. The summed E-state index contributed by atoms with van der Waals surface area (Å²) in [6.45, 7) is 2.22. The van der Waals surface area contributed by atoms with Crippen molar-refractivity contribution in [2.45, 2.75) is 37.1 Å². The van der Waals surface area contributed by atoms with Gasteiger partial charge >= 0.3 is 5.97 Å². The molecule has 0 aliphatic heterocycles. The van der Waals surface area contributed by atoms with Crippen molar-refractivity contribution in [2.24, 2.45) is 0 Å². The molecule has 2 N–H and O–H groups in total. The van der Waals surface area contributed by atoms with Gasteiger partial charge in [0, 0.05) is 29.5 Å². The zero-order valence-electron chi connectivity index (χ0n) is 21.1. The van der Waals surface area contributed by atoms with Crippen LogP contribution in [0.3, 0.4) is 0 Å². The molecular formula is C28H29N3O6S. The quantitative estimate of drug-likeness (QED) is 0.381. The van der Waals surface area contributed by atoms with Crippen LogP contribution in [-0.2, 0) is 26.0 Å². The molecule has 4 rings (SSSR count). The van der Waals surface area contributed by atoms with Crippen molar-refractivity contribution in [3.63, 3.8) is 0 Å². The summed E-state index contributed by atoms with van der Waals surface area (Å²) in [5.74, 6) is -1.01. The normalized spacial score (nSPS) is 13.0. The van der Waals surface area contributed by atoms with Gasteiger partial charge in [0.05, 0.1) is 24.0 Å². The summed E-state index contributed by atoms with van der Waals surface area (Å²) < 4.78 is 32.0. The molecule has 38 heavy (non-hydrogen) atoms. The van der Waals surface area contributed by atoms with Crippen molar-refractivity contribution < 1.29 is 27.5 Å². The Hall–Kier alpha value is -4.02. The van der Waals surface area contributed by atoms with Crippen molar-refractivity contribution in [1.29, 1.82) is 0 Å². The lowest BCUT2D eigenvalue weighted by Gasteiger charge is -2.21. The number of methoxy groups -OCH3 is 1. The highest BCUT2D eigenvalue weighted by molar-refractivity contribution is 7.89. The molecule has 0 saturated heterocycles. The van der Waals surface area contributed by atoms with Gasteiger partial charge in [-0.2, -0.15) is 0 Å².